The van der Waals surface area contributed by atoms with Crippen molar-refractivity contribution in [1.29, 1.82) is 0 Å². The summed E-state index contributed by atoms with van der Waals surface area (Å²) in [7, 11) is 0. The van der Waals surface area contributed by atoms with Gasteiger partial charge in [0, 0.05) is 6.54 Å². The fourth-order valence-corrected chi connectivity index (χ4v) is 0.323. The molecule has 5 nitrogen and oxygen atoms in total. The Kier molecular flexibility index (Phi) is 5.69. The number of hydrogen-bond acceptors (Lipinski definition) is 4. The van der Waals surface area contributed by atoms with Crippen LogP contribution in [0.15, 0.2) is 4.99 Å². The summed E-state index contributed by atoms with van der Waals surface area (Å²) >= 11 is 4.24. The van der Waals surface area contributed by atoms with Crippen LogP contribution in [0.4, 0.5) is 0 Å². The van der Waals surface area contributed by atoms with Gasteiger partial charge in [-0.05, 0) is 12.2 Å². The summed E-state index contributed by atoms with van der Waals surface area (Å²) in [4.78, 5) is 3.85. The van der Waals surface area contributed by atoms with E-state index < -0.39 is 0 Å². The molecule has 0 saturated carbocycles. The number of nitrogens with zero attached hydrogens (tertiary/aromatic N) is 1. The van der Waals surface area contributed by atoms with E-state index in [1.54, 1.807) is 6.34 Å². The van der Waals surface area contributed by atoms with Crippen molar-refractivity contribution in [2.45, 2.75) is 0 Å². The van der Waals surface area contributed by atoms with Gasteiger partial charge >= 0.3 is 0 Å². The first-order valence-electron chi connectivity index (χ1n) is 2.75. The van der Waals surface area contributed by atoms with Crippen LogP contribution in [0, 0.1) is 0 Å². The number of rotatable bonds is 0. The first kappa shape index (κ1) is 9.12. The summed E-state index contributed by atoms with van der Waals surface area (Å²) in [5, 5.41) is 3.05. The zero-order valence-corrected chi connectivity index (χ0v) is 6.32. The third kappa shape index (κ3) is 7.12. The van der Waals surface area contributed by atoms with Crippen LogP contribution in [0.1, 0.15) is 0 Å². The molecule has 0 saturated heterocycles. The number of nitrogens with one attached hydrogen (secondary N) is 2. The van der Waals surface area contributed by atoms with Gasteiger partial charge in [0.15, 0.2) is 5.11 Å². The van der Waals surface area contributed by atoms with E-state index >= 15 is 0 Å². The van der Waals surface area contributed by atoms with Crippen molar-refractivity contribution in [3.05, 3.63) is 0 Å². The first-order chi connectivity index (χ1) is 4.77. The zero-order chi connectivity index (χ0) is 7.82. The van der Waals surface area contributed by atoms with Crippen molar-refractivity contribution >= 4 is 23.7 Å². The second-order valence-electron chi connectivity index (χ2n) is 1.50. The van der Waals surface area contributed by atoms with Crippen LogP contribution >= 0.6 is 12.2 Å². The summed E-state index contributed by atoms with van der Waals surface area (Å²) in [6.07, 6.45) is 1.74. The summed E-state index contributed by atoms with van der Waals surface area (Å²) in [6.45, 7) is 1.99. The van der Waals surface area contributed by atoms with Crippen LogP contribution in [-0.4, -0.2) is 24.5 Å². The van der Waals surface area contributed by atoms with Crippen LogP contribution in [0.2, 0.25) is 0 Å². The highest BCUT2D eigenvalue weighted by atomic mass is 32.1. The van der Waals surface area contributed by atoms with E-state index in [0.29, 0.717) is 0 Å². The SMILES string of the molecule is C1=NCCN1.NNC(N)=S. The molecule has 0 bridgehead atoms. The highest BCUT2D eigenvalue weighted by Crippen LogP contribution is 1.68. The second kappa shape index (κ2) is 6.24. The van der Waals surface area contributed by atoms with E-state index in [1.807, 2.05) is 5.43 Å². The van der Waals surface area contributed by atoms with Gasteiger partial charge in [-0.3, -0.25) is 4.99 Å². The molecule has 0 unspecified atom stereocenters. The molecule has 0 atom stereocenters. The predicted octanol–water partition coefficient (Wildman–Crippen LogP) is -1.69. The fourth-order valence-electron chi connectivity index (χ4n) is 0.323. The van der Waals surface area contributed by atoms with E-state index in [1.165, 1.54) is 0 Å². The third-order valence-corrected chi connectivity index (χ3v) is 0.828. The third-order valence-electron chi connectivity index (χ3n) is 0.710. The molecular formula is C4H11N5S. The molecule has 1 heterocycles. The number of hydrazine groups is 1. The van der Waals surface area contributed by atoms with E-state index in [0.717, 1.165) is 13.1 Å². The molecule has 6 heteroatoms. The summed E-state index contributed by atoms with van der Waals surface area (Å²) in [6, 6.07) is 0. The molecule has 0 amide bonds. The van der Waals surface area contributed by atoms with Gasteiger partial charge < -0.3 is 16.5 Å². The Balaban J connectivity index is 0.000000162. The Morgan fingerprint density at radius 2 is 2.40 bits per heavy atom. The van der Waals surface area contributed by atoms with Crippen molar-refractivity contribution in [1.82, 2.24) is 10.7 Å². The Morgan fingerprint density at radius 3 is 2.50 bits per heavy atom. The van der Waals surface area contributed by atoms with Crippen molar-refractivity contribution in [2.24, 2.45) is 16.6 Å². The molecule has 10 heavy (non-hydrogen) atoms. The smallest absolute Gasteiger partial charge is 0.177 e. The topological polar surface area (TPSA) is 88.5 Å². The predicted molar refractivity (Wildman–Crippen MR) is 45.5 cm³/mol. The Hall–Kier alpha value is -0.880. The Bertz CT molecular complexity index is 117. The summed E-state index contributed by atoms with van der Waals surface area (Å²) in [5.41, 5.74) is 6.82. The molecule has 1 aliphatic rings. The molecule has 0 aliphatic carbocycles. The molecular weight excluding hydrogens is 150 g/mol. The highest BCUT2D eigenvalue weighted by Gasteiger charge is 1.82. The van der Waals surface area contributed by atoms with Gasteiger partial charge in [0.05, 0.1) is 12.9 Å². The molecule has 0 fully saturated rings. The lowest BCUT2D eigenvalue weighted by atomic mass is 10.7. The molecule has 0 aromatic heterocycles. The maximum absolute atomic E-state index is 4.79. The van der Waals surface area contributed by atoms with E-state index in [4.69, 9.17) is 5.73 Å². The molecule has 0 spiro atoms. The maximum atomic E-state index is 4.79. The van der Waals surface area contributed by atoms with E-state index in [-0.39, 0.29) is 5.11 Å². The Morgan fingerprint density at radius 1 is 1.80 bits per heavy atom. The molecule has 1 aliphatic heterocycles. The lowest BCUT2D eigenvalue weighted by Crippen LogP contribution is -2.34. The molecule has 6 N–H and O–H groups in total. The standard InChI is InChI=1S/C3H6N2.CH5N3S/c1-2-5-3-4-1;2-1(5)4-3/h3H,1-2H2,(H,4,5);3H2,(H3,2,4,5). The van der Waals surface area contributed by atoms with Gasteiger partial charge in [-0.2, -0.15) is 0 Å². The minimum atomic E-state index is 0.116. The minimum absolute atomic E-state index is 0.116. The first-order valence-corrected chi connectivity index (χ1v) is 3.16. The number of thiocarbonyl (C=S) groups is 1. The Labute approximate surface area is 64.8 Å². The summed E-state index contributed by atoms with van der Waals surface area (Å²) in [5.74, 6) is 4.66. The quantitative estimate of drug-likeness (QED) is 0.193. The van der Waals surface area contributed by atoms with Crippen LogP contribution in [-0.2, 0) is 0 Å². The number of nitrogens with two attached hydrogens (primary N) is 2. The van der Waals surface area contributed by atoms with Crippen molar-refractivity contribution in [2.75, 3.05) is 13.1 Å². The van der Waals surface area contributed by atoms with Gasteiger partial charge in [0.25, 0.3) is 0 Å². The molecule has 0 radical (unpaired) electrons. The molecule has 1 rings (SSSR count). The number of hydrogen-bond donors (Lipinski definition) is 4. The highest BCUT2D eigenvalue weighted by molar-refractivity contribution is 7.80. The van der Waals surface area contributed by atoms with Crippen molar-refractivity contribution in [3.8, 4) is 0 Å². The van der Waals surface area contributed by atoms with Crippen LogP contribution in [0.3, 0.4) is 0 Å². The van der Waals surface area contributed by atoms with Crippen molar-refractivity contribution in [3.63, 3.8) is 0 Å². The summed E-state index contributed by atoms with van der Waals surface area (Å²) < 4.78 is 0. The van der Waals surface area contributed by atoms with Gasteiger partial charge in [0.1, 0.15) is 0 Å². The van der Waals surface area contributed by atoms with Gasteiger partial charge in [-0.25, -0.2) is 5.84 Å². The maximum Gasteiger partial charge on any atom is 0.177 e. The largest absolute Gasteiger partial charge is 0.375 e. The average Bonchev–Trinajstić information content (AvgIpc) is 2.43. The molecule has 0 aromatic rings. The molecule has 58 valence electrons. The van der Waals surface area contributed by atoms with Gasteiger partial charge in [-0.1, -0.05) is 0 Å². The van der Waals surface area contributed by atoms with Crippen LogP contribution in [0.25, 0.3) is 0 Å². The molecule has 0 aromatic carbocycles. The monoisotopic (exact) mass is 161 g/mol. The normalized spacial score (nSPS) is 12.9. The average molecular weight is 161 g/mol. The van der Waals surface area contributed by atoms with Gasteiger partial charge in [0.2, 0.25) is 0 Å². The zero-order valence-electron chi connectivity index (χ0n) is 5.50. The van der Waals surface area contributed by atoms with Gasteiger partial charge in [-0.15, -0.1) is 0 Å². The van der Waals surface area contributed by atoms with Crippen LogP contribution in [0.5, 0.6) is 0 Å². The second-order valence-corrected chi connectivity index (χ2v) is 1.94. The lowest BCUT2D eigenvalue weighted by molar-refractivity contribution is 0.965. The minimum Gasteiger partial charge on any atom is -0.375 e. The van der Waals surface area contributed by atoms with Crippen LogP contribution < -0.4 is 22.3 Å². The lowest BCUT2D eigenvalue weighted by Gasteiger charge is -1.85. The fraction of sp³-hybridized carbons (Fsp3) is 0.500. The van der Waals surface area contributed by atoms with E-state index in [9.17, 15) is 0 Å². The van der Waals surface area contributed by atoms with Crippen molar-refractivity contribution < 1.29 is 0 Å². The van der Waals surface area contributed by atoms with E-state index in [2.05, 4.69) is 28.4 Å². The number of aliphatic imine (C=N–C) groups is 1.